The molecule has 2 heterocycles. The minimum Gasteiger partial charge on any atom is -0.342 e. The minimum atomic E-state index is -4.34. The highest BCUT2D eigenvalue weighted by Crippen LogP contribution is 2.30. The van der Waals surface area contributed by atoms with Crippen LogP contribution in [0.5, 0.6) is 0 Å². The number of hydrogen-bond acceptors (Lipinski definition) is 2. The lowest BCUT2D eigenvalue weighted by atomic mass is 10.2. The molecule has 1 aliphatic rings. The van der Waals surface area contributed by atoms with Gasteiger partial charge in [0.05, 0.1) is 23.1 Å². The summed E-state index contributed by atoms with van der Waals surface area (Å²) in [6, 6.07) is 8.52. The Hall–Kier alpha value is -2.57. The predicted molar refractivity (Wildman–Crippen MR) is 87.2 cm³/mol. The average molecular weight is 334 g/mol. The van der Waals surface area contributed by atoms with E-state index in [1.165, 1.54) is 12.1 Å². The van der Waals surface area contributed by atoms with Gasteiger partial charge in [-0.25, -0.2) is 4.99 Å². The lowest BCUT2D eigenvalue weighted by Crippen LogP contribution is -2.33. The molecule has 7 heteroatoms. The minimum absolute atomic E-state index is 0.473. The molecule has 0 aliphatic carbocycles. The van der Waals surface area contributed by atoms with Gasteiger partial charge in [0.1, 0.15) is 0 Å². The lowest BCUT2D eigenvalue weighted by molar-refractivity contribution is -0.137. The molecule has 4 nitrogen and oxygen atoms in total. The molecule has 0 unspecified atom stereocenters. The molecule has 1 fully saturated rings. The van der Waals surface area contributed by atoms with Gasteiger partial charge in [0.15, 0.2) is 0 Å². The van der Waals surface area contributed by atoms with Crippen LogP contribution < -0.4 is 5.32 Å². The Bertz CT molecular complexity index is 690. The van der Waals surface area contributed by atoms with Crippen molar-refractivity contribution in [1.82, 2.24) is 9.88 Å². The monoisotopic (exact) mass is 334 g/mol. The van der Waals surface area contributed by atoms with Crippen LogP contribution in [-0.4, -0.2) is 28.9 Å². The molecule has 1 N–H and O–H groups in total. The summed E-state index contributed by atoms with van der Waals surface area (Å²) in [6.45, 7) is 1.74. The molecule has 2 aromatic rings. The third kappa shape index (κ3) is 4.04. The van der Waals surface area contributed by atoms with Crippen LogP contribution in [0.2, 0.25) is 0 Å². The zero-order valence-electron chi connectivity index (χ0n) is 12.9. The van der Waals surface area contributed by atoms with Crippen molar-refractivity contribution < 1.29 is 13.2 Å². The summed E-state index contributed by atoms with van der Waals surface area (Å²) in [5.41, 5.74) is 0.584. The summed E-state index contributed by atoms with van der Waals surface area (Å²) >= 11 is 0. The number of aliphatic imine (C=N–C) groups is 1. The zero-order chi connectivity index (χ0) is 17.0. The number of nitrogens with one attached hydrogen (secondary N) is 1. The van der Waals surface area contributed by atoms with Gasteiger partial charge in [0.25, 0.3) is 0 Å². The highest BCUT2D eigenvalue weighted by atomic mass is 19.4. The molecule has 24 heavy (non-hydrogen) atoms. The Morgan fingerprint density at radius 2 is 1.79 bits per heavy atom. The van der Waals surface area contributed by atoms with Gasteiger partial charge in [0, 0.05) is 19.3 Å². The Kier molecular flexibility index (Phi) is 4.69. The quantitative estimate of drug-likeness (QED) is 0.658. The van der Waals surface area contributed by atoms with Crippen molar-refractivity contribution in [2.45, 2.75) is 19.0 Å². The fourth-order valence-electron chi connectivity index (χ4n) is 2.52. The molecule has 126 valence electrons. The van der Waals surface area contributed by atoms with E-state index in [9.17, 15) is 13.2 Å². The molecule has 3 rings (SSSR count). The molecule has 0 saturated carbocycles. The molecular weight excluding hydrogens is 317 g/mol. The molecule has 1 aliphatic heterocycles. The SMILES string of the molecule is FC(F)(F)c1ccc(N=C(Nc2cccnc2)N2CCCC2)cc1. The highest BCUT2D eigenvalue weighted by molar-refractivity contribution is 5.95. The summed E-state index contributed by atoms with van der Waals surface area (Å²) in [4.78, 5) is 10.6. The van der Waals surface area contributed by atoms with Crippen LogP contribution >= 0.6 is 0 Å². The van der Waals surface area contributed by atoms with Crippen molar-refractivity contribution in [3.05, 3.63) is 54.4 Å². The maximum atomic E-state index is 12.7. The van der Waals surface area contributed by atoms with Crippen molar-refractivity contribution in [2.24, 2.45) is 4.99 Å². The number of guanidine groups is 1. The van der Waals surface area contributed by atoms with Crippen LogP contribution in [0, 0.1) is 0 Å². The lowest BCUT2D eigenvalue weighted by Gasteiger charge is -2.21. The van der Waals surface area contributed by atoms with E-state index in [1.807, 2.05) is 12.1 Å². The van der Waals surface area contributed by atoms with E-state index in [1.54, 1.807) is 12.4 Å². The fraction of sp³-hybridized carbons (Fsp3) is 0.294. The van der Waals surface area contributed by atoms with Gasteiger partial charge < -0.3 is 10.2 Å². The molecule has 0 bridgehead atoms. The summed E-state index contributed by atoms with van der Waals surface area (Å²) in [5.74, 6) is 0.625. The van der Waals surface area contributed by atoms with Crippen LogP contribution in [-0.2, 0) is 6.18 Å². The zero-order valence-corrected chi connectivity index (χ0v) is 12.9. The third-order valence-corrected chi connectivity index (χ3v) is 3.75. The number of benzene rings is 1. The first kappa shape index (κ1) is 16.3. The second-order valence-corrected chi connectivity index (χ2v) is 5.54. The van der Waals surface area contributed by atoms with Crippen LogP contribution in [0.4, 0.5) is 24.5 Å². The molecule has 0 amide bonds. The summed E-state index contributed by atoms with van der Waals surface area (Å²) < 4.78 is 38.0. The van der Waals surface area contributed by atoms with Crippen LogP contribution in [0.15, 0.2) is 53.8 Å². The van der Waals surface area contributed by atoms with Gasteiger partial charge in [-0.3, -0.25) is 4.98 Å². The Morgan fingerprint density at radius 3 is 2.38 bits per heavy atom. The standard InChI is InChI=1S/C17H17F3N4/c18-17(19,20)13-5-7-14(8-6-13)22-16(24-10-1-2-11-24)23-15-4-3-9-21-12-15/h3-9,12H,1-2,10-11H2,(H,22,23). The molecule has 0 spiro atoms. The van der Waals surface area contributed by atoms with Crippen molar-refractivity contribution >= 4 is 17.3 Å². The Morgan fingerprint density at radius 1 is 1.08 bits per heavy atom. The van der Waals surface area contributed by atoms with Gasteiger partial charge in [-0.1, -0.05) is 0 Å². The second kappa shape index (κ2) is 6.90. The number of nitrogens with zero attached hydrogens (tertiary/aromatic N) is 3. The van der Waals surface area contributed by atoms with Crippen LogP contribution in [0.1, 0.15) is 18.4 Å². The number of alkyl halides is 3. The molecule has 1 saturated heterocycles. The van der Waals surface area contributed by atoms with E-state index in [0.29, 0.717) is 11.6 Å². The molecule has 1 aromatic heterocycles. The average Bonchev–Trinajstić information content (AvgIpc) is 3.09. The Labute approximate surface area is 138 Å². The molecule has 0 radical (unpaired) electrons. The van der Waals surface area contributed by atoms with Crippen molar-refractivity contribution in [1.29, 1.82) is 0 Å². The maximum Gasteiger partial charge on any atom is 0.416 e. The van der Waals surface area contributed by atoms with Crippen LogP contribution in [0.25, 0.3) is 0 Å². The number of aromatic nitrogens is 1. The molecular formula is C17H17F3N4. The van der Waals surface area contributed by atoms with Crippen LogP contribution in [0.3, 0.4) is 0 Å². The van der Waals surface area contributed by atoms with E-state index in [-0.39, 0.29) is 0 Å². The first-order valence-corrected chi connectivity index (χ1v) is 7.70. The first-order valence-electron chi connectivity index (χ1n) is 7.70. The first-order chi connectivity index (χ1) is 11.5. The number of anilines is 1. The van der Waals surface area contributed by atoms with Crippen molar-refractivity contribution in [3.8, 4) is 0 Å². The van der Waals surface area contributed by atoms with E-state index in [4.69, 9.17) is 0 Å². The Balaban J connectivity index is 1.85. The summed E-state index contributed by atoms with van der Waals surface area (Å²) in [5, 5.41) is 3.21. The van der Waals surface area contributed by atoms with Gasteiger partial charge in [-0.05, 0) is 49.2 Å². The van der Waals surface area contributed by atoms with Gasteiger partial charge >= 0.3 is 6.18 Å². The van der Waals surface area contributed by atoms with Gasteiger partial charge in [-0.2, -0.15) is 13.2 Å². The number of likely N-dealkylation sites (tertiary alicyclic amines) is 1. The number of rotatable bonds is 2. The number of halogens is 3. The van der Waals surface area contributed by atoms with E-state index in [0.717, 1.165) is 43.8 Å². The van der Waals surface area contributed by atoms with E-state index >= 15 is 0 Å². The number of pyridine rings is 1. The van der Waals surface area contributed by atoms with E-state index in [2.05, 4.69) is 20.2 Å². The predicted octanol–water partition coefficient (Wildman–Crippen LogP) is 4.30. The van der Waals surface area contributed by atoms with Crippen molar-refractivity contribution in [2.75, 3.05) is 18.4 Å². The summed E-state index contributed by atoms with van der Waals surface area (Å²) in [6.07, 6.45) is 1.15. The highest BCUT2D eigenvalue weighted by Gasteiger charge is 2.30. The number of hydrogen-bond donors (Lipinski definition) is 1. The smallest absolute Gasteiger partial charge is 0.342 e. The largest absolute Gasteiger partial charge is 0.416 e. The normalized spacial score (nSPS) is 15.6. The topological polar surface area (TPSA) is 40.5 Å². The molecule has 1 aromatic carbocycles. The second-order valence-electron chi connectivity index (χ2n) is 5.54. The maximum absolute atomic E-state index is 12.7. The van der Waals surface area contributed by atoms with Gasteiger partial charge in [0.2, 0.25) is 5.96 Å². The third-order valence-electron chi connectivity index (χ3n) is 3.75. The van der Waals surface area contributed by atoms with E-state index < -0.39 is 11.7 Å². The summed E-state index contributed by atoms with van der Waals surface area (Å²) in [7, 11) is 0. The van der Waals surface area contributed by atoms with Gasteiger partial charge in [-0.15, -0.1) is 0 Å². The van der Waals surface area contributed by atoms with Crippen molar-refractivity contribution in [3.63, 3.8) is 0 Å². The molecule has 0 atom stereocenters. The fourth-order valence-corrected chi connectivity index (χ4v) is 2.52.